The maximum atomic E-state index is 4.91. The molecule has 0 saturated carbocycles. The largest absolute Gasteiger partial charge is 0.317 e. The van der Waals surface area contributed by atoms with E-state index in [2.05, 4.69) is 48.0 Å². The van der Waals surface area contributed by atoms with Gasteiger partial charge in [0.2, 0.25) is 0 Å². The molecular weight excluding hydrogens is 354 g/mol. The second-order valence-corrected chi connectivity index (χ2v) is 8.14. The van der Waals surface area contributed by atoms with Crippen molar-refractivity contribution in [1.29, 1.82) is 0 Å². The van der Waals surface area contributed by atoms with E-state index in [4.69, 9.17) is 4.63 Å². The monoisotopic (exact) mass is 381 g/mol. The minimum absolute atomic E-state index is 0.424. The number of nitrogens with zero attached hydrogens (tertiary/aromatic N) is 7. The lowest BCUT2D eigenvalue weighted by Gasteiger charge is -2.32. The molecule has 0 bridgehead atoms. The van der Waals surface area contributed by atoms with Crippen LogP contribution in [-0.4, -0.2) is 61.1 Å². The first-order valence-corrected chi connectivity index (χ1v) is 10.3. The number of piperidine rings is 1. The molecule has 0 N–H and O–H groups in total. The molecule has 8 heteroatoms. The second-order valence-electron chi connectivity index (χ2n) is 8.14. The quantitative estimate of drug-likeness (QED) is 0.671. The van der Waals surface area contributed by atoms with Crippen molar-refractivity contribution < 1.29 is 4.63 Å². The Morgan fingerprint density at radius 2 is 1.86 bits per heavy atom. The number of hydrogen-bond donors (Lipinski definition) is 0. The van der Waals surface area contributed by atoms with E-state index in [9.17, 15) is 0 Å². The highest BCUT2D eigenvalue weighted by Crippen LogP contribution is 2.28. The van der Waals surface area contributed by atoms with Crippen LogP contribution in [0.3, 0.4) is 0 Å². The fourth-order valence-electron chi connectivity index (χ4n) is 4.65. The van der Waals surface area contributed by atoms with Crippen LogP contribution in [0.2, 0.25) is 0 Å². The average Bonchev–Trinajstić information content (AvgIpc) is 3.45. The lowest BCUT2D eigenvalue weighted by atomic mass is 9.96. The summed E-state index contributed by atoms with van der Waals surface area (Å²) in [5.41, 5.74) is 2.87. The van der Waals surface area contributed by atoms with Gasteiger partial charge in [-0.25, -0.2) is 4.63 Å². The first-order chi connectivity index (χ1) is 13.8. The third kappa shape index (κ3) is 3.42. The molecule has 1 atom stereocenters. The molecule has 4 heterocycles. The molecule has 0 radical (unpaired) electrons. The van der Waals surface area contributed by atoms with Gasteiger partial charge >= 0.3 is 0 Å². The zero-order valence-corrected chi connectivity index (χ0v) is 16.4. The summed E-state index contributed by atoms with van der Waals surface area (Å²) < 4.78 is 7.15. The van der Waals surface area contributed by atoms with Gasteiger partial charge in [-0.05, 0) is 67.3 Å². The van der Waals surface area contributed by atoms with Crippen molar-refractivity contribution in [2.75, 3.05) is 26.2 Å². The lowest BCUT2D eigenvalue weighted by Crippen LogP contribution is -2.35. The molecular formula is C20H27N7O. The average molecular weight is 381 g/mol. The standard InChI is InChI=1S/C20H27N7O/c1-25-18(14-26-9-2-3-10-26)21-22-20(25)16-7-5-11-27(13-16)12-15-6-4-8-17-19(15)24-28-23-17/h4,6,8,16H,2-3,5,7,9-14H2,1H3/t16-/m0/s1. The van der Waals surface area contributed by atoms with Gasteiger partial charge in [0.15, 0.2) is 0 Å². The van der Waals surface area contributed by atoms with Crippen molar-refractivity contribution in [3.63, 3.8) is 0 Å². The predicted octanol–water partition coefficient (Wildman–Crippen LogP) is 2.33. The lowest BCUT2D eigenvalue weighted by molar-refractivity contribution is 0.195. The summed E-state index contributed by atoms with van der Waals surface area (Å²) in [4.78, 5) is 4.97. The summed E-state index contributed by atoms with van der Waals surface area (Å²) in [7, 11) is 2.13. The molecule has 1 aromatic carbocycles. The molecule has 8 nitrogen and oxygen atoms in total. The van der Waals surface area contributed by atoms with Crippen molar-refractivity contribution in [2.24, 2.45) is 7.05 Å². The summed E-state index contributed by atoms with van der Waals surface area (Å²) in [6.07, 6.45) is 4.94. The Bertz CT molecular complexity index is 943. The Labute approximate surface area is 164 Å². The van der Waals surface area contributed by atoms with E-state index in [1.165, 1.54) is 44.3 Å². The van der Waals surface area contributed by atoms with Crippen molar-refractivity contribution in [3.05, 3.63) is 35.4 Å². The minimum atomic E-state index is 0.424. The van der Waals surface area contributed by atoms with Gasteiger partial charge in [0.05, 0.1) is 6.54 Å². The fourth-order valence-corrected chi connectivity index (χ4v) is 4.65. The third-order valence-electron chi connectivity index (χ3n) is 6.20. The highest BCUT2D eigenvalue weighted by atomic mass is 16.6. The van der Waals surface area contributed by atoms with Crippen molar-refractivity contribution in [3.8, 4) is 0 Å². The summed E-state index contributed by atoms with van der Waals surface area (Å²) in [6, 6.07) is 6.08. The summed E-state index contributed by atoms with van der Waals surface area (Å²) in [5, 5.41) is 17.2. The Kier molecular flexibility index (Phi) is 4.82. The highest BCUT2D eigenvalue weighted by Gasteiger charge is 2.27. The Hall–Kier alpha value is -2.32. The van der Waals surface area contributed by atoms with Crippen LogP contribution < -0.4 is 0 Å². The van der Waals surface area contributed by atoms with Crippen molar-refractivity contribution in [1.82, 2.24) is 34.9 Å². The Morgan fingerprint density at radius 3 is 2.75 bits per heavy atom. The molecule has 5 rings (SSSR count). The van der Waals surface area contributed by atoms with Gasteiger partial charge in [-0.1, -0.05) is 12.1 Å². The topological polar surface area (TPSA) is 76.1 Å². The van der Waals surface area contributed by atoms with E-state index in [1.807, 2.05) is 12.1 Å². The van der Waals surface area contributed by atoms with Gasteiger partial charge in [-0.3, -0.25) is 9.80 Å². The number of likely N-dealkylation sites (tertiary alicyclic amines) is 2. The van der Waals surface area contributed by atoms with Gasteiger partial charge in [0.1, 0.15) is 22.7 Å². The van der Waals surface area contributed by atoms with Gasteiger partial charge < -0.3 is 4.57 Å². The molecule has 2 aromatic heterocycles. The molecule has 2 fully saturated rings. The second kappa shape index (κ2) is 7.60. The Balaban J connectivity index is 1.29. The number of fused-ring (bicyclic) bond motifs is 1. The third-order valence-corrected chi connectivity index (χ3v) is 6.20. The molecule has 2 aliphatic heterocycles. The summed E-state index contributed by atoms with van der Waals surface area (Å²) in [6.45, 7) is 6.24. The van der Waals surface area contributed by atoms with Crippen LogP contribution in [0.5, 0.6) is 0 Å². The molecule has 0 amide bonds. The van der Waals surface area contributed by atoms with Crippen LogP contribution in [0.1, 0.15) is 48.8 Å². The predicted molar refractivity (Wildman–Crippen MR) is 105 cm³/mol. The van der Waals surface area contributed by atoms with E-state index in [0.717, 1.165) is 48.9 Å². The zero-order chi connectivity index (χ0) is 18.9. The smallest absolute Gasteiger partial charge is 0.146 e. The van der Waals surface area contributed by atoms with E-state index >= 15 is 0 Å². The van der Waals surface area contributed by atoms with Crippen LogP contribution >= 0.6 is 0 Å². The van der Waals surface area contributed by atoms with Crippen molar-refractivity contribution in [2.45, 2.75) is 44.7 Å². The first kappa shape index (κ1) is 17.8. The molecule has 0 unspecified atom stereocenters. The SMILES string of the molecule is Cn1c(CN2CCCC2)nnc1[C@H]1CCCN(Cc2cccc3nonc23)C1. The van der Waals surface area contributed by atoms with Gasteiger partial charge in [-0.2, -0.15) is 0 Å². The van der Waals surface area contributed by atoms with Crippen LogP contribution in [0.4, 0.5) is 0 Å². The highest BCUT2D eigenvalue weighted by molar-refractivity contribution is 5.76. The Morgan fingerprint density at radius 1 is 1.00 bits per heavy atom. The molecule has 3 aromatic rings. The maximum Gasteiger partial charge on any atom is 0.146 e. The number of benzene rings is 1. The van der Waals surface area contributed by atoms with Gasteiger partial charge in [0.25, 0.3) is 0 Å². The maximum absolute atomic E-state index is 4.91. The van der Waals surface area contributed by atoms with Crippen LogP contribution in [-0.2, 0) is 20.1 Å². The van der Waals surface area contributed by atoms with E-state index in [1.54, 1.807) is 0 Å². The summed E-state index contributed by atoms with van der Waals surface area (Å²) in [5.74, 6) is 2.64. The normalized spacial score (nSPS) is 21.7. The van der Waals surface area contributed by atoms with Gasteiger partial charge in [-0.15, -0.1) is 10.2 Å². The zero-order valence-electron chi connectivity index (χ0n) is 16.4. The fraction of sp³-hybridized carbons (Fsp3) is 0.600. The van der Waals surface area contributed by atoms with Crippen molar-refractivity contribution >= 4 is 11.0 Å². The van der Waals surface area contributed by atoms with E-state index < -0.39 is 0 Å². The molecule has 28 heavy (non-hydrogen) atoms. The molecule has 148 valence electrons. The van der Waals surface area contributed by atoms with Crippen LogP contribution in [0.25, 0.3) is 11.0 Å². The van der Waals surface area contributed by atoms with Crippen LogP contribution in [0.15, 0.2) is 22.8 Å². The molecule has 0 spiro atoms. The summed E-state index contributed by atoms with van der Waals surface area (Å²) >= 11 is 0. The van der Waals surface area contributed by atoms with E-state index in [0.29, 0.717) is 5.92 Å². The van der Waals surface area contributed by atoms with E-state index in [-0.39, 0.29) is 0 Å². The molecule has 0 aliphatic carbocycles. The minimum Gasteiger partial charge on any atom is -0.317 e. The van der Waals surface area contributed by atoms with Gasteiger partial charge in [0, 0.05) is 26.1 Å². The number of aromatic nitrogens is 5. The molecule has 2 aliphatic rings. The number of hydrogen-bond acceptors (Lipinski definition) is 7. The molecule has 2 saturated heterocycles. The first-order valence-electron chi connectivity index (χ1n) is 10.3. The number of rotatable bonds is 5. The van der Waals surface area contributed by atoms with Crippen LogP contribution in [0, 0.1) is 0 Å².